The molecule has 108 valence electrons. The van der Waals surface area contributed by atoms with Gasteiger partial charge in [-0.15, -0.1) is 0 Å². The zero-order valence-electron chi connectivity index (χ0n) is 12.0. The van der Waals surface area contributed by atoms with Crippen LogP contribution < -0.4 is 10.1 Å². The van der Waals surface area contributed by atoms with Crippen molar-refractivity contribution in [3.8, 4) is 5.75 Å². The monoisotopic (exact) mass is 274 g/mol. The van der Waals surface area contributed by atoms with E-state index in [0.29, 0.717) is 0 Å². The second-order valence-corrected chi connectivity index (χ2v) is 5.92. The number of fused-ring (bicyclic) bond motifs is 1. The molecule has 1 aromatic rings. The average Bonchev–Trinajstić information content (AvgIpc) is 3.03. The molecule has 0 bridgehead atoms. The summed E-state index contributed by atoms with van der Waals surface area (Å²) in [4.78, 5) is 13.5. The van der Waals surface area contributed by atoms with Crippen LogP contribution in [0.25, 0.3) is 0 Å². The number of nitrogens with zero attached hydrogens (tertiary/aromatic N) is 1. The molecular formula is C16H22N2O2. The molecule has 2 unspecified atom stereocenters. The lowest BCUT2D eigenvalue weighted by molar-refractivity contribution is -0.114. The number of rotatable bonds is 6. The normalized spacial score (nSPS) is 24.2. The fourth-order valence-corrected chi connectivity index (χ4v) is 2.99. The van der Waals surface area contributed by atoms with Gasteiger partial charge in [0.2, 0.25) is 5.91 Å². The van der Waals surface area contributed by atoms with Crippen molar-refractivity contribution >= 4 is 11.6 Å². The summed E-state index contributed by atoms with van der Waals surface area (Å²) >= 11 is 0. The predicted octanol–water partition coefficient (Wildman–Crippen LogP) is 2.37. The molecule has 3 rings (SSSR count). The third-order valence-electron chi connectivity index (χ3n) is 4.12. The fraction of sp³-hybridized carbons (Fsp3) is 0.562. The van der Waals surface area contributed by atoms with Gasteiger partial charge in [-0.1, -0.05) is 0 Å². The minimum atomic E-state index is -0.0534. The number of amides is 1. The molecule has 1 amide bonds. The number of anilines is 1. The van der Waals surface area contributed by atoms with Crippen molar-refractivity contribution in [1.29, 1.82) is 0 Å². The highest BCUT2D eigenvalue weighted by molar-refractivity contribution is 5.88. The summed E-state index contributed by atoms with van der Waals surface area (Å²) < 4.78 is 5.72. The first-order chi connectivity index (χ1) is 9.70. The van der Waals surface area contributed by atoms with E-state index in [2.05, 4.69) is 10.2 Å². The Labute approximate surface area is 120 Å². The topological polar surface area (TPSA) is 41.6 Å². The van der Waals surface area contributed by atoms with Gasteiger partial charge in [0.05, 0.1) is 6.61 Å². The van der Waals surface area contributed by atoms with E-state index >= 15 is 0 Å². The number of nitrogens with one attached hydrogen (secondary N) is 1. The summed E-state index contributed by atoms with van der Waals surface area (Å²) in [7, 11) is 0. The molecule has 2 atom stereocenters. The summed E-state index contributed by atoms with van der Waals surface area (Å²) in [6, 6.07) is 7.53. The molecule has 0 spiro atoms. The molecular weight excluding hydrogens is 252 g/mol. The van der Waals surface area contributed by atoms with Gasteiger partial charge in [0.15, 0.2) is 0 Å². The number of piperidine rings is 1. The van der Waals surface area contributed by atoms with Crippen LogP contribution in [0.3, 0.4) is 0 Å². The average molecular weight is 274 g/mol. The molecule has 1 aliphatic heterocycles. The van der Waals surface area contributed by atoms with E-state index in [1.165, 1.54) is 26.4 Å². The first-order valence-electron chi connectivity index (χ1n) is 7.43. The highest BCUT2D eigenvalue weighted by atomic mass is 16.5. The summed E-state index contributed by atoms with van der Waals surface area (Å²) in [5, 5.41) is 2.74. The molecule has 1 heterocycles. The molecule has 1 aromatic carbocycles. The van der Waals surface area contributed by atoms with Crippen LogP contribution in [0.2, 0.25) is 0 Å². The maximum absolute atomic E-state index is 10.9. The first kappa shape index (κ1) is 13.4. The number of hydrogen-bond donors (Lipinski definition) is 1. The largest absolute Gasteiger partial charge is 0.494 e. The quantitative estimate of drug-likeness (QED) is 0.810. The second-order valence-electron chi connectivity index (χ2n) is 5.92. The van der Waals surface area contributed by atoms with Crippen LogP contribution in [-0.2, 0) is 4.79 Å². The lowest BCUT2D eigenvalue weighted by Crippen LogP contribution is -2.25. The van der Waals surface area contributed by atoms with Crippen LogP contribution in [-0.4, -0.2) is 37.0 Å². The minimum absolute atomic E-state index is 0.0534. The van der Waals surface area contributed by atoms with Crippen LogP contribution in [0, 0.1) is 11.8 Å². The van der Waals surface area contributed by atoms with Gasteiger partial charge in [0.1, 0.15) is 5.75 Å². The van der Waals surface area contributed by atoms with Gasteiger partial charge in [-0.2, -0.15) is 0 Å². The third kappa shape index (κ3) is 3.51. The smallest absolute Gasteiger partial charge is 0.221 e. The van der Waals surface area contributed by atoms with Gasteiger partial charge >= 0.3 is 0 Å². The Kier molecular flexibility index (Phi) is 3.92. The minimum Gasteiger partial charge on any atom is -0.494 e. The fourth-order valence-electron chi connectivity index (χ4n) is 2.99. The van der Waals surface area contributed by atoms with Crippen LogP contribution in [0.4, 0.5) is 5.69 Å². The Hall–Kier alpha value is -1.55. The lowest BCUT2D eigenvalue weighted by atomic mass is 10.3. The predicted molar refractivity (Wildman–Crippen MR) is 78.9 cm³/mol. The van der Waals surface area contributed by atoms with Crippen LogP contribution in [0.15, 0.2) is 24.3 Å². The van der Waals surface area contributed by atoms with Crippen LogP contribution in [0.5, 0.6) is 5.75 Å². The van der Waals surface area contributed by atoms with Crippen LogP contribution in [0.1, 0.15) is 19.8 Å². The number of ether oxygens (including phenoxy) is 1. The van der Waals surface area contributed by atoms with Gasteiger partial charge in [0, 0.05) is 32.2 Å². The Bertz CT molecular complexity index is 462. The van der Waals surface area contributed by atoms with E-state index in [1.54, 1.807) is 0 Å². The lowest BCUT2D eigenvalue weighted by Gasteiger charge is -2.17. The molecule has 4 heteroatoms. The van der Waals surface area contributed by atoms with Crippen molar-refractivity contribution in [3.63, 3.8) is 0 Å². The molecule has 0 aromatic heterocycles. The molecule has 1 saturated carbocycles. The van der Waals surface area contributed by atoms with Gasteiger partial charge in [0.25, 0.3) is 0 Å². The van der Waals surface area contributed by atoms with Crippen molar-refractivity contribution in [2.75, 3.05) is 31.6 Å². The van der Waals surface area contributed by atoms with Gasteiger partial charge in [-0.25, -0.2) is 0 Å². The van der Waals surface area contributed by atoms with E-state index in [1.807, 2.05) is 24.3 Å². The number of likely N-dealkylation sites (tertiary alicyclic amines) is 1. The molecule has 1 aliphatic carbocycles. The van der Waals surface area contributed by atoms with Crippen molar-refractivity contribution in [1.82, 2.24) is 4.90 Å². The molecule has 4 nitrogen and oxygen atoms in total. The molecule has 0 radical (unpaired) electrons. The highest BCUT2D eigenvalue weighted by Gasteiger charge is 2.44. The zero-order chi connectivity index (χ0) is 13.9. The van der Waals surface area contributed by atoms with Gasteiger partial charge < -0.3 is 15.0 Å². The van der Waals surface area contributed by atoms with Gasteiger partial charge in [-0.3, -0.25) is 4.79 Å². The Morgan fingerprint density at radius 2 is 2.00 bits per heavy atom. The van der Waals surface area contributed by atoms with E-state index in [9.17, 15) is 4.79 Å². The zero-order valence-corrected chi connectivity index (χ0v) is 12.0. The Balaban J connectivity index is 1.34. The van der Waals surface area contributed by atoms with Crippen molar-refractivity contribution < 1.29 is 9.53 Å². The van der Waals surface area contributed by atoms with Crippen molar-refractivity contribution in [2.24, 2.45) is 11.8 Å². The highest BCUT2D eigenvalue weighted by Crippen LogP contribution is 2.44. The molecule has 20 heavy (non-hydrogen) atoms. The number of benzene rings is 1. The maximum Gasteiger partial charge on any atom is 0.221 e. The third-order valence-corrected chi connectivity index (χ3v) is 4.12. The van der Waals surface area contributed by atoms with Crippen LogP contribution >= 0.6 is 0 Å². The summed E-state index contributed by atoms with van der Waals surface area (Å²) in [6.07, 6.45) is 2.54. The Morgan fingerprint density at radius 1 is 1.30 bits per heavy atom. The molecule has 2 aliphatic rings. The summed E-state index contributed by atoms with van der Waals surface area (Å²) in [5.41, 5.74) is 0.807. The first-order valence-corrected chi connectivity index (χ1v) is 7.43. The van der Waals surface area contributed by atoms with E-state index < -0.39 is 0 Å². The van der Waals surface area contributed by atoms with E-state index in [-0.39, 0.29) is 5.91 Å². The van der Waals surface area contributed by atoms with Crippen molar-refractivity contribution in [2.45, 2.75) is 19.8 Å². The summed E-state index contributed by atoms with van der Waals surface area (Å²) in [6.45, 7) is 6.02. The van der Waals surface area contributed by atoms with Gasteiger partial charge in [-0.05, 0) is 48.9 Å². The second kappa shape index (κ2) is 5.83. The van der Waals surface area contributed by atoms with E-state index in [0.717, 1.165) is 42.8 Å². The van der Waals surface area contributed by atoms with E-state index in [4.69, 9.17) is 4.74 Å². The maximum atomic E-state index is 10.9. The summed E-state index contributed by atoms with van der Waals surface area (Å²) in [5.74, 6) is 2.83. The molecule has 2 fully saturated rings. The Morgan fingerprint density at radius 3 is 2.65 bits per heavy atom. The SMILES string of the molecule is CC(=O)Nc1ccc(OCCCN2CC3CC3C2)cc1. The number of carbonyl (C=O) groups excluding carboxylic acids is 1. The molecule has 1 saturated heterocycles. The number of carbonyl (C=O) groups is 1. The standard InChI is InChI=1S/C16H22N2O2/c1-12(19)17-15-3-5-16(6-4-15)20-8-2-7-18-10-13-9-14(13)11-18/h3-6,13-14H,2,7-11H2,1H3,(H,17,19). The van der Waals surface area contributed by atoms with Crippen molar-refractivity contribution in [3.05, 3.63) is 24.3 Å². The molecule has 1 N–H and O–H groups in total. The number of hydrogen-bond acceptors (Lipinski definition) is 3.